The van der Waals surface area contributed by atoms with Gasteiger partial charge in [-0.1, -0.05) is 12.1 Å². The molecule has 2 saturated heterocycles. The molecular formula is C17H23N3O4. The molecule has 7 heteroatoms. The van der Waals surface area contributed by atoms with E-state index in [4.69, 9.17) is 9.47 Å². The van der Waals surface area contributed by atoms with Crippen LogP contribution in [0.3, 0.4) is 0 Å². The molecule has 0 saturated carbocycles. The Morgan fingerprint density at radius 3 is 2.00 bits per heavy atom. The quantitative estimate of drug-likeness (QED) is 0.894. The van der Waals surface area contributed by atoms with Gasteiger partial charge < -0.3 is 24.6 Å². The number of nitrogens with zero attached hydrogens (tertiary/aromatic N) is 2. The molecule has 2 fully saturated rings. The van der Waals surface area contributed by atoms with Crippen LogP contribution in [-0.2, 0) is 20.7 Å². The number of anilines is 1. The van der Waals surface area contributed by atoms with E-state index in [9.17, 15) is 9.59 Å². The lowest BCUT2D eigenvalue weighted by atomic mass is 10.1. The molecule has 1 aromatic carbocycles. The average molecular weight is 333 g/mol. The molecule has 0 aromatic heterocycles. The molecule has 0 spiro atoms. The topological polar surface area (TPSA) is 71.1 Å². The lowest BCUT2D eigenvalue weighted by molar-refractivity contribution is -0.134. The minimum absolute atomic E-state index is 0.114. The van der Waals surface area contributed by atoms with Gasteiger partial charge in [0.05, 0.1) is 32.8 Å². The predicted molar refractivity (Wildman–Crippen MR) is 89.0 cm³/mol. The first-order chi connectivity index (χ1) is 11.7. The fourth-order valence-corrected chi connectivity index (χ4v) is 2.77. The van der Waals surface area contributed by atoms with Gasteiger partial charge in [-0.3, -0.25) is 4.79 Å². The molecule has 130 valence electrons. The number of urea groups is 1. The smallest absolute Gasteiger partial charge is 0.321 e. The number of nitrogens with one attached hydrogen (secondary N) is 1. The van der Waals surface area contributed by atoms with Crippen molar-refractivity contribution in [3.05, 3.63) is 29.8 Å². The number of carbonyl (C=O) groups excluding carboxylic acids is 2. The lowest BCUT2D eigenvalue weighted by Gasteiger charge is -2.27. The van der Waals surface area contributed by atoms with Crippen LogP contribution in [0.15, 0.2) is 24.3 Å². The van der Waals surface area contributed by atoms with E-state index in [1.807, 2.05) is 29.2 Å². The number of rotatable bonds is 3. The predicted octanol–water partition coefficient (Wildman–Crippen LogP) is 0.952. The summed E-state index contributed by atoms with van der Waals surface area (Å²) in [6.45, 7) is 4.91. The van der Waals surface area contributed by atoms with Crippen LogP contribution in [0.25, 0.3) is 0 Å². The monoisotopic (exact) mass is 333 g/mol. The lowest BCUT2D eigenvalue weighted by Crippen LogP contribution is -2.43. The number of benzene rings is 1. The van der Waals surface area contributed by atoms with E-state index in [-0.39, 0.29) is 11.9 Å². The van der Waals surface area contributed by atoms with Crippen molar-refractivity contribution in [3.8, 4) is 0 Å². The van der Waals surface area contributed by atoms with Crippen molar-refractivity contribution in [2.24, 2.45) is 0 Å². The van der Waals surface area contributed by atoms with Gasteiger partial charge in [-0.2, -0.15) is 0 Å². The number of hydrogen-bond donors (Lipinski definition) is 1. The van der Waals surface area contributed by atoms with E-state index in [1.165, 1.54) is 0 Å². The third-order valence-corrected chi connectivity index (χ3v) is 4.22. The number of amides is 3. The van der Waals surface area contributed by atoms with E-state index >= 15 is 0 Å². The Labute approximate surface area is 141 Å². The SMILES string of the molecule is O=C(Cc1ccc(NC(=O)N2CCOCC2)cc1)N1CCOCC1. The third kappa shape index (κ3) is 4.46. The van der Waals surface area contributed by atoms with Gasteiger partial charge in [-0.25, -0.2) is 4.79 Å². The second kappa shape index (κ2) is 8.12. The molecule has 1 N–H and O–H groups in total. The minimum Gasteiger partial charge on any atom is -0.378 e. The van der Waals surface area contributed by atoms with Gasteiger partial charge in [-0.15, -0.1) is 0 Å². The summed E-state index contributed by atoms with van der Waals surface area (Å²) < 4.78 is 10.5. The summed E-state index contributed by atoms with van der Waals surface area (Å²) >= 11 is 0. The highest BCUT2D eigenvalue weighted by atomic mass is 16.5. The number of morpholine rings is 2. The van der Waals surface area contributed by atoms with E-state index in [2.05, 4.69) is 5.32 Å². The van der Waals surface area contributed by atoms with Gasteiger partial charge in [0.2, 0.25) is 5.91 Å². The molecule has 24 heavy (non-hydrogen) atoms. The van der Waals surface area contributed by atoms with Crippen molar-refractivity contribution in [3.63, 3.8) is 0 Å². The fourth-order valence-electron chi connectivity index (χ4n) is 2.77. The standard InChI is InChI=1S/C17H23N3O4/c21-16(19-5-9-23-10-6-19)13-14-1-3-15(4-2-14)18-17(22)20-7-11-24-12-8-20/h1-4H,5-13H2,(H,18,22). The van der Waals surface area contributed by atoms with Gasteiger partial charge in [0, 0.05) is 31.9 Å². The summed E-state index contributed by atoms with van der Waals surface area (Å²) in [5.41, 5.74) is 1.67. The van der Waals surface area contributed by atoms with Crippen molar-refractivity contribution in [1.82, 2.24) is 9.80 Å². The van der Waals surface area contributed by atoms with Crippen molar-refractivity contribution in [2.45, 2.75) is 6.42 Å². The summed E-state index contributed by atoms with van der Waals surface area (Å²) in [7, 11) is 0. The van der Waals surface area contributed by atoms with Crippen molar-refractivity contribution in [2.75, 3.05) is 57.9 Å². The van der Waals surface area contributed by atoms with Gasteiger partial charge >= 0.3 is 6.03 Å². The average Bonchev–Trinajstić information content (AvgIpc) is 2.65. The largest absolute Gasteiger partial charge is 0.378 e. The van der Waals surface area contributed by atoms with Crippen LogP contribution in [-0.4, -0.2) is 74.3 Å². The van der Waals surface area contributed by atoms with Crippen LogP contribution in [0.4, 0.5) is 10.5 Å². The zero-order valence-electron chi connectivity index (χ0n) is 13.7. The van der Waals surface area contributed by atoms with Crippen LogP contribution < -0.4 is 5.32 Å². The Kier molecular flexibility index (Phi) is 5.66. The highest BCUT2D eigenvalue weighted by Crippen LogP contribution is 2.13. The first kappa shape index (κ1) is 16.7. The normalized spacial score (nSPS) is 18.3. The molecule has 0 unspecified atom stereocenters. The zero-order valence-corrected chi connectivity index (χ0v) is 13.7. The summed E-state index contributed by atoms with van der Waals surface area (Å²) in [5, 5.41) is 2.88. The maximum Gasteiger partial charge on any atom is 0.321 e. The van der Waals surface area contributed by atoms with Crippen LogP contribution in [0, 0.1) is 0 Å². The Balaban J connectivity index is 1.51. The molecule has 2 aliphatic heterocycles. The van der Waals surface area contributed by atoms with E-state index in [0.29, 0.717) is 59.0 Å². The Morgan fingerprint density at radius 1 is 0.875 bits per heavy atom. The molecule has 0 aliphatic carbocycles. The van der Waals surface area contributed by atoms with Gasteiger partial charge in [0.1, 0.15) is 0 Å². The minimum atomic E-state index is -0.115. The molecule has 3 amide bonds. The van der Waals surface area contributed by atoms with Crippen LogP contribution in [0.5, 0.6) is 0 Å². The van der Waals surface area contributed by atoms with E-state index in [0.717, 1.165) is 11.3 Å². The first-order valence-electron chi connectivity index (χ1n) is 8.30. The second-order valence-electron chi connectivity index (χ2n) is 5.90. The van der Waals surface area contributed by atoms with E-state index < -0.39 is 0 Å². The van der Waals surface area contributed by atoms with Crippen molar-refractivity contribution < 1.29 is 19.1 Å². The van der Waals surface area contributed by atoms with Crippen LogP contribution in [0.2, 0.25) is 0 Å². The molecular weight excluding hydrogens is 310 g/mol. The van der Waals surface area contributed by atoms with Crippen molar-refractivity contribution in [1.29, 1.82) is 0 Å². The summed E-state index contributed by atoms with van der Waals surface area (Å²) in [6.07, 6.45) is 0.373. The molecule has 7 nitrogen and oxygen atoms in total. The summed E-state index contributed by atoms with van der Waals surface area (Å²) in [6, 6.07) is 7.32. The Bertz CT molecular complexity index is 513. The fraction of sp³-hybridized carbons (Fsp3) is 0.529. The third-order valence-electron chi connectivity index (χ3n) is 4.22. The maximum atomic E-state index is 12.2. The van der Waals surface area contributed by atoms with Gasteiger partial charge in [0.25, 0.3) is 0 Å². The second-order valence-corrected chi connectivity index (χ2v) is 5.90. The van der Waals surface area contributed by atoms with Crippen LogP contribution in [0.1, 0.15) is 5.56 Å². The highest BCUT2D eigenvalue weighted by molar-refractivity contribution is 5.89. The van der Waals surface area contributed by atoms with E-state index in [1.54, 1.807) is 4.90 Å². The first-order valence-corrected chi connectivity index (χ1v) is 8.30. The summed E-state index contributed by atoms with van der Waals surface area (Å²) in [5.74, 6) is 0.114. The zero-order chi connectivity index (χ0) is 16.8. The molecule has 0 bridgehead atoms. The molecule has 2 heterocycles. The molecule has 3 rings (SSSR count). The number of carbonyl (C=O) groups is 2. The molecule has 1 aromatic rings. The van der Waals surface area contributed by atoms with Gasteiger partial charge in [-0.05, 0) is 17.7 Å². The molecule has 2 aliphatic rings. The summed E-state index contributed by atoms with van der Waals surface area (Å²) in [4.78, 5) is 27.9. The number of hydrogen-bond acceptors (Lipinski definition) is 4. The highest BCUT2D eigenvalue weighted by Gasteiger charge is 2.18. The maximum absolute atomic E-state index is 12.2. The van der Waals surface area contributed by atoms with Crippen molar-refractivity contribution >= 4 is 17.6 Å². The molecule has 0 atom stereocenters. The van der Waals surface area contributed by atoms with Crippen LogP contribution >= 0.6 is 0 Å². The Morgan fingerprint density at radius 2 is 1.42 bits per heavy atom. The molecule has 0 radical (unpaired) electrons. The van der Waals surface area contributed by atoms with Gasteiger partial charge in [0.15, 0.2) is 0 Å². The number of ether oxygens (including phenoxy) is 2. The Hall–Kier alpha value is -2.12.